The molecule has 28 heavy (non-hydrogen) atoms. The van der Waals surface area contributed by atoms with Crippen molar-refractivity contribution in [2.75, 3.05) is 49.1 Å². The number of ether oxygens (including phenoxy) is 1. The van der Waals surface area contributed by atoms with E-state index in [4.69, 9.17) is 9.72 Å². The van der Waals surface area contributed by atoms with Gasteiger partial charge in [0.15, 0.2) is 0 Å². The second-order valence-electron chi connectivity index (χ2n) is 7.88. The van der Waals surface area contributed by atoms with Gasteiger partial charge in [-0.15, -0.1) is 0 Å². The third kappa shape index (κ3) is 2.87. The van der Waals surface area contributed by atoms with Crippen LogP contribution >= 0.6 is 0 Å². The van der Waals surface area contributed by atoms with Gasteiger partial charge in [-0.3, -0.25) is 0 Å². The van der Waals surface area contributed by atoms with Gasteiger partial charge < -0.3 is 19.9 Å². The molecule has 1 aromatic heterocycles. The minimum absolute atomic E-state index is 0.361. The summed E-state index contributed by atoms with van der Waals surface area (Å²) in [5, 5.41) is 12.8. The number of hydrogen-bond donors (Lipinski definition) is 1. The Morgan fingerprint density at radius 2 is 2.04 bits per heavy atom. The van der Waals surface area contributed by atoms with Gasteiger partial charge in [0.1, 0.15) is 17.6 Å². The summed E-state index contributed by atoms with van der Waals surface area (Å²) in [6.45, 7) is 8.79. The van der Waals surface area contributed by atoms with Crippen molar-refractivity contribution in [2.24, 2.45) is 0 Å². The van der Waals surface area contributed by atoms with E-state index in [0.717, 1.165) is 57.3 Å². The zero-order chi connectivity index (χ0) is 19.1. The summed E-state index contributed by atoms with van der Waals surface area (Å²) >= 11 is 0. The highest BCUT2D eigenvalue weighted by Crippen LogP contribution is 2.40. The second-order valence-corrected chi connectivity index (χ2v) is 7.88. The Morgan fingerprint density at radius 3 is 2.86 bits per heavy atom. The lowest BCUT2D eigenvalue weighted by atomic mass is 9.94. The number of nitrogens with zero attached hydrogens (tertiary/aromatic N) is 4. The first-order chi connectivity index (χ1) is 13.7. The number of benzene rings is 1. The van der Waals surface area contributed by atoms with Crippen LogP contribution in [-0.4, -0.2) is 44.3 Å². The highest BCUT2D eigenvalue weighted by molar-refractivity contribution is 5.66. The maximum absolute atomic E-state index is 9.35. The summed E-state index contributed by atoms with van der Waals surface area (Å²) < 4.78 is 5.76. The fraction of sp³-hybridized carbons (Fsp3) is 0.455. The number of rotatable bonds is 2. The van der Waals surface area contributed by atoms with Crippen molar-refractivity contribution in [3.05, 3.63) is 46.6 Å². The number of nitrogens with one attached hydrogen (secondary N) is 1. The summed E-state index contributed by atoms with van der Waals surface area (Å²) in [5.74, 6) is 2.25. The number of hydrogen-bond acceptors (Lipinski definition) is 6. The monoisotopic (exact) mass is 375 g/mol. The van der Waals surface area contributed by atoms with Crippen molar-refractivity contribution in [3.63, 3.8) is 0 Å². The van der Waals surface area contributed by atoms with E-state index in [9.17, 15) is 5.26 Å². The van der Waals surface area contributed by atoms with Crippen LogP contribution in [0.2, 0.25) is 0 Å². The first-order valence-corrected chi connectivity index (χ1v) is 10.1. The standard InChI is InChI=1S/C22H25N5O/c1-15-13-27(19-4-2-16(12-23)22-18(19)6-11-28-22)14-17-3-5-20(25-21(15)17)26-9-7-24-8-10-26/h2-5,15,24H,6-11,13-14H2,1H3/t15-/m0/s1. The highest BCUT2D eigenvalue weighted by atomic mass is 16.5. The summed E-state index contributed by atoms with van der Waals surface area (Å²) in [4.78, 5) is 9.85. The van der Waals surface area contributed by atoms with Crippen LogP contribution in [0.5, 0.6) is 5.75 Å². The summed E-state index contributed by atoms with van der Waals surface area (Å²) in [6, 6.07) is 10.7. The van der Waals surface area contributed by atoms with E-state index in [0.29, 0.717) is 18.1 Å². The van der Waals surface area contributed by atoms with Crippen LogP contribution in [0.4, 0.5) is 11.5 Å². The third-order valence-electron chi connectivity index (χ3n) is 6.06. The normalized spacial score (nSPS) is 20.9. The van der Waals surface area contributed by atoms with E-state index in [1.54, 1.807) is 0 Å². The van der Waals surface area contributed by atoms with Crippen LogP contribution in [0.25, 0.3) is 0 Å². The van der Waals surface area contributed by atoms with Crippen LogP contribution in [0.1, 0.15) is 35.2 Å². The quantitative estimate of drug-likeness (QED) is 0.870. The molecular weight excluding hydrogens is 350 g/mol. The number of fused-ring (bicyclic) bond motifs is 2. The lowest BCUT2D eigenvalue weighted by Crippen LogP contribution is -2.44. The maximum Gasteiger partial charge on any atom is 0.142 e. The van der Waals surface area contributed by atoms with E-state index in [2.05, 4.69) is 46.3 Å². The fourth-order valence-electron chi connectivity index (χ4n) is 4.66. The third-order valence-corrected chi connectivity index (χ3v) is 6.06. The minimum atomic E-state index is 0.361. The Hall–Kier alpha value is -2.78. The first kappa shape index (κ1) is 17.3. The molecule has 1 fully saturated rings. The Bertz CT molecular complexity index is 945. The van der Waals surface area contributed by atoms with Gasteiger partial charge in [0.2, 0.25) is 0 Å². The average molecular weight is 375 g/mol. The highest BCUT2D eigenvalue weighted by Gasteiger charge is 2.29. The van der Waals surface area contributed by atoms with Crippen LogP contribution in [0, 0.1) is 11.3 Å². The molecule has 6 nitrogen and oxygen atoms in total. The van der Waals surface area contributed by atoms with Crippen LogP contribution in [-0.2, 0) is 13.0 Å². The molecule has 5 rings (SSSR count). The molecule has 0 radical (unpaired) electrons. The summed E-state index contributed by atoms with van der Waals surface area (Å²) in [6.07, 6.45) is 0.873. The second kappa shape index (κ2) is 6.99. The molecule has 0 spiro atoms. The molecule has 4 heterocycles. The van der Waals surface area contributed by atoms with Crippen molar-refractivity contribution in [1.82, 2.24) is 10.3 Å². The molecule has 3 aliphatic rings. The van der Waals surface area contributed by atoms with Gasteiger partial charge in [0.25, 0.3) is 0 Å². The average Bonchev–Trinajstić information content (AvgIpc) is 3.23. The molecule has 0 bridgehead atoms. The van der Waals surface area contributed by atoms with Gasteiger partial charge in [-0.1, -0.05) is 13.0 Å². The van der Waals surface area contributed by atoms with Crippen LogP contribution in [0.3, 0.4) is 0 Å². The molecule has 1 aromatic carbocycles. The van der Waals surface area contributed by atoms with Crippen LogP contribution in [0.15, 0.2) is 24.3 Å². The van der Waals surface area contributed by atoms with E-state index in [-0.39, 0.29) is 0 Å². The fourth-order valence-corrected chi connectivity index (χ4v) is 4.66. The molecule has 1 saturated heterocycles. The molecule has 0 aliphatic carbocycles. The molecule has 144 valence electrons. The zero-order valence-corrected chi connectivity index (χ0v) is 16.2. The van der Waals surface area contributed by atoms with Crippen molar-refractivity contribution in [1.29, 1.82) is 5.26 Å². The van der Waals surface area contributed by atoms with Gasteiger partial charge in [-0.05, 0) is 23.8 Å². The van der Waals surface area contributed by atoms with Gasteiger partial charge in [-0.25, -0.2) is 4.98 Å². The number of anilines is 2. The molecule has 0 unspecified atom stereocenters. The van der Waals surface area contributed by atoms with E-state index < -0.39 is 0 Å². The maximum atomic E-state index is 9.35. The molecule has 0 amide bonds. The lowest BCUT2D eigenvalue weighted by Gasteiger charge is -2.36. The van der Waals surface area contributed by atoms with Crippen molar-refractivity contribution in [3.8, 4) is 11.8 Å². The minimum Gasteiger partial charge on any atom is -0.491 e. The van der Waals surface area contributed by atoms with E-state index in [1.807, 2.05) is 6.07 Å². The largest absolute Gasteiger partial charge is 0.491 e. The predicted molar refractivity (Wildman–Crippen MR) is 109 cm³/mol. The van der Waals surface area contributed by atoms with Gasteiger partial charge in [0.05, 0.1) is 17.9 Å². The van der Waals surface area contributed by atoms with Gasteiger partial charge >= 0.3 is 0 Å². The number of nitriles is 1. The lowest BCUT2D eigenvalue weighted by molar-refractivity contribution is 0.356. The van der Waals surface area contributed by atoms with Crippen molar-refractivity contribution < 1.29 is 4.74 Å². The molecule has 6 heteroatoms. The molecular formula is C22H25N5O. The molecule has 2 aromatic rings. The zero-order valence-electron chi connectivity index (χ0n) is 16.2. The SMILES string of the molecule is C[C@H]1CN(c2ccc(C#N)c3c2CCO3)Cc2ccc(N3CCNCC3)nc21. The Labute approximate surface area is 165 Å². The number of piperazine rings is 1. The Morgan fingerprint density at radius 1 is 1.18 bits per heavy atom. The van der Waals surface area contributed by atoms with E-state index in [1.165, 1.54) is 22.5 Å². The van der Waals surface area contributed by atoms with Crippen LogP contribution < -0.4 is 19.9 Å². The first-order valence-electron chi connectivity index (χ1n) is 10.1. The summed E-state index contributed by atoms with van der Waals surface area (Å²) in [7, 11) is 0. The number of pyridine rings is 1. The molecule has 3 aliphatic heterocycles. The molecule has 1 N–H and O–H groups in total. The predicted octanol–water partition coefficient (Wildman–Crippen LogP) is 2.42. The van der Waals surface area contributed by atoms with E-state index >= 15 is 0 Å². The number of aromatic nitrogens is 1. The molecule has 0 saturated carbocycles. The Balaban J connectivity index is 1.45. The topological polar surface area (TPSA) is 64.4 Å². The van der Waals surface area contributed by atoms with Gasteiger partial charge in [-0.2, -0.15) is 5.26 Å². The Kier molecular flexibility index (Phi) is 4.33. The van der Waals surface area contributed by atoms with Gasteiger partial charge in [0, 0.05) is 62.9 Å². The summed E-state index contributed by atoms with van der Waals surface area (Å²) in [5.41, 5.74) is 5.56. The van der Waals surface area contributed by atoms with Crippen molar-refractivity contribution >= 4 is 11.5 Å². The molecule has 1 atom stereocenters. The van der Waals surface area contributed by atoms with Crippen molar-refractivity contribution in [2.45, 2.75) is 25.8 Å². The smallest absolute Gasteiger partial charge is 0.142 e.